The summed E-state index contributed by atoms with van der Waals surface area (Å²) < 4.78 is 6.79. The first-order valence-corrected chi connectivity index (χ1v) is 14.0. The van der Waals surface area contributed by atoms with Gasteiger partial charge >= 0.3 is 0 Å². The van der Waals surface area contributed by atoms with E-state index in [1.54, 1.807) is 29.5 Å². The summed E-state index contributed by atoms with van der Waals surface area (Å²) in [6.45, 7) is 2.90. The summed E-state index contributed by atoms with van der Waals surface area (Å²) in [6, 6.07) is 19.5. The Morgan fingerprint density at radius 1 is 1.12 bits per heavy atom. The summed E-state index contributed by atoms with van der Waals surface area (Å²) in [6.07, 6.45) is 7.64. The molecule has 42 heavy (non-hydrogen) atoms. The van der Waals surface area contributed by atoms with Gasteiger partial charge in [-0.1, -0.05) is 60.1 Å². The summed E-state index contributed by atoms with van der Waals surface area (Å²) >= 11 is 6.79. The van der Waals surface area contributed by atoms with Crippen LogP contribution in [-0.2, 0) is 11.3 Å². The van der Waals surface area contributed by atoms with Crippen molar-refractivity contribution >= 4 is 33.9 Å². The monoisotopic (exact) mass is 580 g/mol. The number of fused-ring (bicyclic) bond motifs is 1. The molecular formula is C31H29ClN8O2. The highest BCUT2D eigenvalue weighted by molar-refractivity contribution is 6.35. The van der Waals surface area contributed by atoms with Crippen LogP contribution >= 0.6 is 11.6 Å². The van der Waals surface area contributed by atoms with E-state index in [2.05, 4.69) is 56.0 Å². The zero-order chi connectivity index (χ0) is 29.1. The first-order valence-electron chi connectivity index (χ1n) is 13.7. The molecule has 212 valence electrons. The highest BCUT2D eigenvalue weighted by Gasteiger charge is 2.37. The molecule has 2 aromatic carbocycles. The van der Waals surface area contributed by atoms with Crippen molar-refractivity contribution in [1.82, 2.24) is 25.0 Å². The van der Waals surface area contributed by atoms with E-state index in [1.165, 1.54) is 0 Å². The lowest BCUT2D eigenvalue weighted by atomic mass is 10.0. The second-order valence-corrected chi connectivity index (χ2v) is 10.9. The third-order valence-electron chi connectivity index (χ3n) is 7.35. The number of aliphatic hydroxyl groups is 1. The fraction of sp³-hybridized carbons (Fsp3) is 0.258. The molecule has 5 aromatic rings. The molecule has 1 saturated heterocycles. The fourth-order valence-electron chi connectivity index (χ4n) is 5.16. The smallest absolute Gasteiger partial charge is 0.131 e. The fourth-order valence-corrected chi connectivity index (χ4v) is 5.43. The average molecular weight is 581 g/mol. The molecule has 0 amide bonds. The van der Waals surface area contributed by atoms with Gasteiger partial charge in [0, 0.05) is 29.7 Å². The normalized spacial score (nSPS) is 15.4. The molecule has 1 aliphatic rings. The topological polar surface area (TPSA) is 134 Å². The highest BCUT2D eigenvalue weighted by atomic mass is 35.5. The van der Waals surface area contributed by atoms with Gasteiger partial charge in [0.1, 0.15) is 17.4 Å². The van der Waals surface area contributed by atoms with E-state index in [-0.39, 0.29) is 25.8 Å². The first kappa shape index (κ1) is 27.6. The van der Waals surface area contributed by atoms with Crippen LogP contribution in [0.1, 0.15) is 47.8 Å². The van der Waals surface area contributed by atoms with Crippen molar-refractivity contribution in [3.05, 3.63) is 107 Å². The van der Waals surface area contributed by atoms with E-state index in [9.17, 15) is 10.4 Å². The lowest BCUT2D eigenvalue weighted by Gasteiger charge is -2.35. The second-order valence-electron chi connectivity index (χ2n) is 10.5. The van der Waals surface area contributed by atoms with Gasteiger partial charge in [0.25, 0.3) is 0 Å². The van der Waals surface area contributed by atoms with Crippen molar-refractivity contribution in [2.75, 3.05) is 23.8 Å². The quantitative estimate of drug-likeness (QED) is 0.202. The SMILES string of the molecule is CC[C@@H](Nc1c(C#N)cnc2c(Cl)cc(N[C@@H](c3cccnc3)c3cn(CC4(O)COC4)nn3)cc12)c1ccccc1. The third-order valence-corrected chi connectivity index (χ3v) is 7.64. The summed E-state index contributed by atoms with van der Waals surface area (Å²) in [5.41, 5.74) is 4.06. The Morgan fingerprint density at radius 2 is 1.93 bits per heavy atom. The molecule has 0 unspecified atom stereocenters. The van der Waals surface area contributed by atoms with Crippen LogP contribution in [0, 0.1) is 11.3 Å². The highest BCUT2D eigenvalue weighted by Crippen LogP contribution is 2.37. The van der Waals surface area contributed by atoms with Gasteiger partial charge in [-0.25, -0.2) is 4.68 Å². The van der Waals surface area contributed by atoms with Gasteiger partial charge in [0.05, 0.1) is 59.8 Å². The van der Waals surface area contributed by atoms with Crippen LogP contribution in [0.25, 0.3) is 10.9 Å². The maximum absolute atomic E-state index is 10.5. The number of hydrogen-bond acceptors (Lipinski definition) is 9. The van der Waals surface area contributed by atoms with Gasteiger partial charge in [-0.15, -0.1) is 5.10 Å². The van der Waals surface area contributed by atoms with Crippen LogP contribution in [0.3, 0.4) is 0 Å². The Morgan fingerprint density at radius 3 is 2.62 bits per heavy atom. The molecule has 1 aliphatic heterocycles. The maximum Gasteiger partial charge on any atom is 0.131 e. The number of hydrogen-bond donors (Lipinski definition) is 3. The molecule has 10 nitrogen and oxygen atoms in total. The van der Waals surface area contributed by atoms with Crippen molar-refractivity contribution in [1.29, 1.82) is 5.26 Å². The number of nitriles is 1. The molecule has 1 fully saturated rings. The van der Waals surface area contributed by atoms with E-state index in [1.807, 2.05) is 42.5 Å². The predicted molar refractivity (Wildman–Crippen MR) is 160 cm³/mol. The minimum atomic E-state index is -0.945. The predicted octanol–water partition coefficient (Wildman–Crippen LogP) is 5.27. The van der Waals surface area contributed by atoms with Crippen LogP contribution in [0.2, 0.25) is 5.02 Å². The molecule has 0 aliphatic carbocycles. The van der Waals surface area contributed by atoms with Gasteiger partial charge in [-0.2, -0.15) is 5.26 Å². The molecule has 11 heteroatoms. The molecule has 6 rings (SSSR count). The zero-order valence-corrected chi connectivity index (χ0v) is 23.7. The number of nitrogens with zero attached hydrogens (tertiary/aromatic N) is 6. The summed E-state index contributed by atoms with van der Waals surface area (Å²) in [5.74, 6) is 0. The Kier molecular flexibility index (Phi) is 7.71. The Bertz CT molecular complexity index is 1740. The van der Waals surface area contributed by atoms with Crippen molar-refractivity contribution in [3.8, 4) is 6.07 Å². The number of ether oxygens (including phenoxy) is 1. The molecule has 4 heterocycles. The van der Waals surface area contributed by atoms with Gasteiger partial charge in [-0.05, 0) is 35.7 Å². The van der Waals surface area contributed by atoms with Crippen LogP contribution in [0.15, 0.2) is 79.4 Å². The minimum Gasteiger partial charge on any atom is -0.383 e. The molecule has 3 aromatic heterocycles. The van der Waals surface area contributed by atoms with E-state index >= 15 is 0 Å². The van der Waals surface area contributed by atoms with E-state index in [0.717, 1.165) is 22.9 Å². The Balaban J connectivity index is 1.39. The lowest BCUT2D eigenvalue weighted by molar-refractivity contribution is -0.186. The van der Waals surface area contributed by atoms with Gasteiger partial charge in [0.2, 0.25) is 0 Å². The molecule has 0 bridgehead atoms. The van der Waals surface area contributed by atoms with E-state index in [4.69, 9.17) is 16.3 Å². The van der Waals surface area contributed by atoms with Crippen LogP contribution in [0.5, 0.6) is 0 Å². The number of benzene rings is 2. The van der Waals surface area contributed by atoms with Crippen molar-refractivity contribution in [2.45, 2.75) is 37.6 Å². The van der Waals surface area contributed by atoms with Crippen LogP contribution in [0.4, 0.5) is 11.4 Å². The largest absolute Gasteiger partial charge is 0.383 e. The maximum atomic E-state index is 10.5. The Labute approximate surface area is 248 Å². The number of halogens is 1. The molecule has 2 atom stereocenters. The van der Waals surface area contributed by atoms with Crippen molar-refractivity contribution in [2.24, 2.45) is 0 Å². The number of pyridine rings is 2. The lowest BCUT2D eigenvalue weighted by Crippen LogP contribution is -2.52. The Hall–Kier alpha value is -4.56. The third kappa shape index (κ3) is 5.63. The number of nitrogens with one attached hydrogen (secondary N) is 2. The number of anilines is 2. The standard InChI is InChI=1S/C31H29ClN8O2/c1-2-26(20-7-4-3-5-8-20)37-28-22(13-33)15-35-30-24(28)11-23(12-25(30)32)36-29(21-9-6-10-34-14-21)27-16-40(39-38-27)17-31(41)18-42-19-31/h3-12,14-16,26,29,36,41H,2,17-19H2,1H3,(H,35,37)/t26-,29+/m1/s1. The van der Waals surface area contributed by atoms with Crippen molar-refractivity contribution in [3.63, 3.8) is 0 Å². The van der Waals surface area contributed by atoms with E-state index in [0.29, 0.717) is 33.2 Å². The van der Waals surface area contributed by atoms with Gasteiger partial charge in [-0.3, -0.25) is 9.97 Å². The van der Waals surface area contributed by atoms with Crippen LogP contribution < -0.4 is 10.6 Å². The van der Waals surface area contributed by atoms with Crippen LogP contribution in [-0.4, -0.2) is 48.9 Å². The minimum absolute atomic E-state index is 0.0200. The zero-order valence-electron chi connectivity index (χ0n) is 22.9. The van der Waals surface area contributed by atoms with Crippen molar-refractivity contribution < 1.29 is 9.84 Å². The molecule has 0 saturated carbocycles. The summed E-state index contributed by atoms with van der Waals surface area (Å²) in [4.78, 5) is 8.82. The molecule has 0 spiro atoms. The molecular weight excluding hydrogens is 552 g/mol. The number of rotatable bonds is 10. The molecule has 3 N–H and O–H groups in total. The molecule has 0 radical (unpaired) electrons. The van der Waals surface area contributed by atoms with E-state index < -0.39 is 11.6 Å². The van der Waals surface area contributed by atoms with Gasteiger partial charge < -0.3 is 20.5 Å². The average Bonchev–Trinajstić information content (AvgIpc) is 3.46. The summed E-state index contributed by atoms with van der Waals surface area (Å²) in [7, 11) is 0. The van der Waals surface area contributed by atoms with Gasteiger partial charge in [0.15, 0.2) is 0 Å². The number of aromatic nitrogens is 5. The summed E-state index contributed by atoms with van der Waals surface area (Å²) in [5, 5.41) is 37.5. The second kappa shape index (κ2) is 11.7. The first-order chi connectivity index (χ1) is 20.5.